The number of aromatic nitrogens is 2. The summed E-state index contributed by atoms with van der Waals surface area (Å²) in [7, 11) is 1.61. The van der Waals surface area contributed by atoms with Gasteiger partial charge in [0.25, 0.3) is 0 Å². The van der Waals surface area contributed by atoms with Gasteiger partial charge in [0.1, 0.15) is 11.5 Å². The topological polar surface area (TPSA) is 97.1 Å². The number of hydrogen-bond acceptors (Lipinski definition) is 8. The van der Waals surface area contributed by atoms with Crippen LogP contribution >= 0.6 is 23.1 Å². The third-order valence-corrected chi connectivity index (χ3v) is 6.02. The normalized spacial score (nSPS) is 10.3. The second-order valence-corrected chi connectivity index (χ2v) is 8.35. The lowest BCUT2D eigenvalue weighted by Crippen LogP contribution is -2.12. The van der Waals surface area contributed by atoms with Gasteiger partial charge in [-0.2, -0.15) is 5.26 Å². The number of amides is 1. The average Bonchev–Trinajstić information content (AvgIpc) is 3.23. The summed E-state index contributed by atoms with van der Waals surface area (Å²) in [6, 6.07) is 16.8. The van der Waals surface area contributed by atoms with Crippen LogP contribution in [-0.2, 0) is 10.5 Å². The van der Waals surface area contributed by atoms with Crippen molar-refractivity contribution in [3.8, 4) is 17.6 Å². The molecule has 0 saturated carbocycles. The quantitative estimate of drug-likeness (QED) is 0.281. The molecule has 0 aliphatic heterocycles. The number of carbonyl (C=O) groups excluding carboxylic acids is 1. The molecule has 1 heterocycles. The Kier molecular flexibility index (Phi) is 8.06. The molecule has 2 aromatic carbocycles. The molecule has 9 heteroatoms. The Labute approximate surface area is 183 Å². The van der Waals surface area contributed by atoms with Crippen LogP contribution in [-0.4, -0.2) is 29.8 Å². The van der Waals surface area contributed by atoms with E-state index in [2.05, 4.69) is 21.6 Å². The number of thioether (sulfide) groups is 1. The number of nitrogens with one attached hydrogen (secondary N) is 1. The number of nitriles is 1. The second-order valence-electron chi connectivity index (χ2n) is 6.15. The first-order valence-corrected chi connectivity index (χ1v) is 11.0. The lowest BCUT2D eigenvalue weighted by molar-refractivity contribution is -0.116. The molecule has 1 aromatic heterocycles. The van der Waals surface area contributed by atoms with Crippen molar-refractivity contribution < 1.29 is 14.3 Å². The third kappa shape index (κ3) is 6.76. The Morgan fingerprint density at radius 3 is 2.57 bits per heavy atom. The Hall–Kier alpha value is -3.09. The second kappa shape index (κ2) is 11.2. The van der Waals surface area contributed by atoms with E-state index in [1.165, 1.54) is 23.1 Å². The number of hydrogen-bond donors (Lipinski definition) is 1. The van der Waals surface area contributed by atoms with Crippen LogP contribution in [0.5, 0.6) is 11.5 Å². The van der Waals surface area contributed by atoms with Crippen molar-refractivity contribution in [2.24, 2.45) is 0 Å². The van der Waals surface area contributed by atoms with Crippen LogP contribution in [0.15, 0.2) is 52.9 Å². The fourth-order valence-corrected chi connectivity index (χ4v) is 4.14. The van der Waals surface area contributed by atoms with Gasteiger partial charge in [0.2, 0.25) is 11.0 Å². The molecule has 3 rings (SSSR count). The molecule has 30 heavy (non-hydrogen) atoms. The van der Waals surface area contributed by atoms with Crippen LogP contribution in [0.2, 0.25) is 0 Å². The molecule has 0 spiro atoms. The van der Waals surface area contributed by atoms with Crippen molar-refractivity contribution in [3.63, 3.8) is 0 Å². The number of anilines is 1. The predicted molar refractivity (Wildman–Crippen MR) is 117 cm³/mol. The van der Waals surface area contributed by atoms with Crippen molar-refractivity contribution in [2.45, 2.75) is 22.9 Å². The van der Waals surface area contributed by atoms with E-state index in [-0.39, 0.29) is 5.91 Å². The van der Waals surface area contributed by atoms with Crippen molar-refractivity contribution in [2.75, 3.05) is 19.0 Å². The number of rotatable bonds is 10. The van der Waals surface area contributed by atoms with Crippen LogP contribution in [0.1, 0.15) is 24.0 Å². The lowest BCUT2D eigenvalue weighted by atomic mass is 10.2. The van der Waals surface area contributed by atoms with Crippen LogP contribution in [0, 0.1) is 11.3 Å². The average molecular weight is 441 g/mol. The molecule has 0 unspecified atom stereocenters. The zero-order valence-electron chi connectivity index (χ0n) is 16.3. The van der Waals surface area contributed by atoms with Gasteiger partial charge in [-0.25, -0.2) is 0 Å². The summed E-state index contributed by atoms with van der Waals surface area (Å²) in [5.41, 5.74) is 1.73. The lowest BCUT2D eigenvalue weighted by Gasteiger charge is -2.06. The van der Waals surface area contributed by atoms with E-state index >= 15 is 0 Å². The van der Waals surface area contributed by atoms with E-state index in [0.717, 1.165) is 27.2 Å². The van der Waals surface area contributed by atoms with Gasteiger partial charge >= 0.3 is 0 Å². The summed E-state index contributed by atoms with van der Waals surface area (Å²) < 4.78 is 11.5. The molecular formula is C21H20N4O3S2. The Morgan fingerprint density at radius 1 is 1.13 bits per heavy atom. The summed E-state index contributed by atoms with van der Waals surface area (Å²) in [5, 5.41) is 20.2. The van der Waals surface area contributed by atoms with Gasteiger partial charge in [0, 0.05) is 12.2 Å². The molecule has 0 bridgehead atoms. The molecular weight excluding hydrogens is 420 g/mol. The highest BCUT2D eigenvalue weighted by Crippen LogP contribution is 2.28. The molecule has 1 amide bonds. The maximum atomic E-state index is 12.1. The van der Waals surface area contributed by atoms with Gasteiger partial charge in [-0.15, -0.1) is 10.2 Å². The van der Waals surface area contributed by atoms with Crippen molar-refractivity contribution in [3.05, 3.63) is 59.7 Å². The number of ether oxygens (including phenoxy) is 2. The van der Waals surface area contributed by atoms with Gasteiger partial charge < -0.3 is 14.8 Å². The molecule has 0 atom stereocenters. The van der Waals surface area contributed by atoms with Gasteiger partial charge in [-0.05, 0) is 48.4 Å². The van der Waals surface area contributed by atoms with Gasteiger partial charge in [-0.1, -0.05) is 35.2 Å². The fourth-order valence-electron chi connectivity index (χ4n) is 2.42. The Balaban J connectivity index is 1.36. The monoisotopic (exact) mass is 440 g/mol. The minimum atomic E-state index is -0.117. The van der Waals surface area contributed by atoms with Crippen molar-refractivity contribution >= 4 is 34.1 Å². The summed E-state index contributed by atoms with van der Waals surface area (Å²) in [6.45, 7) is 0.446. The molecule has 0 radical (unpaired) electrons. The predicted octanol–water partition coefficient (Wildman–Crippen LogP) is 4.51. The Bertz CT molecular complexity index is 998. The number of nitrogens with zero attached hydrogens (tertiary/aromatic N) is 3. The molecule has 0 fully saturated rings. The highest BCUT2D eigenvalue weighted by atomic mass is 32.2. The van der Waals surface area contributed by atoms with Crippen LogP contribution in [0.25, 0.3) is 0 Å². The molecule has 0 saturated heterocycles. The van der Waals surface area contributed by atoms with Gasteiger partial charge in [-0.3, -0.25) is 4.79 Å². The molecule has 3 aromatic rings. The maximum Gasteiger partial charge on any atom is 0.226 e. The number of carbonyl (C=O) groups is 1. The number of methoxy groups -OCH3 is 1. The van der Waals surface area contributed by atoms with E-state index in [1.807, 2.05) is 36.4 Å². The molecule has 154 valence electrons. The fraction of sp³-hybridized carbons (Fsp3) is 0.238. The standard InChI is InChI=1S/C21H20N4O3S2/c1-27-17-8-10-18(11-9-17)28-12-2-3-19(26)23-20-24-25-21(30-20)29-14-16-6-4-15(13-22)5-7-16/h4-11H,2-3,12,14H2,1H3,(H,23,24,26). The zero-order chi connectivity index (χ0) is 21.2. The highest BCUT2D eigenvalue weighted by Gasteiger charge is 2.09. The third-order valence-electron chi connectivity index (χ3n) is 3.97. The summed E-state index contributed by atoms with van der Waals surface area (Å²) in [4.78, 5) is 12.1. The molecule has 1 N–H and O–H groups in total. The first-order chi connectivity index (χ1) is 14.7. The van der Waals surface area contributed by atoms with Gasteiger partial charge in [0.15, 0.2) is 4.34 Å². The minimum absolute atomic E-state index is 0.117. The summed E-state index contributed by atoms with van der Waals surface area (Å²) >= 11 is 2.88. The van der Waals surface area contributed by atoms with E-state index in [0.29, 0.717) is 30.1 Å². The minimum Gasteiger partial charge on any atom is -0.497 e. The van der Waals surface area contributed by atoms with Crippen LogP contribution < -0.4 is 14.8 Å². The van der Waals surface area contributed by atoms with E-state index in [4.69, 9.17) is 14.7 Å². The highest BCUT2D eigenvalue weighted by molar-refractivity contribution is 8.00. The molecule has 0 aliphatic carbocycles. The van der Waals surface area contributed by atoms with Gasteiger partial charge in [0.05, 0.1) is 25.3 Å². The zero-order valence-corrected chi connectivity index (χ0v) is 18.0. The van der Waals surface area contributed by atoms with Crippen LogP contribution in [0.3, 0.4) is 0 Å². The van der Waals surface area contributed by atoms with Crippen molar-refractivity contribution in [1.82, 2.24) is 10.2 Å². The first-order valence-electron chi connectivity index (χ1n) is 9.18. The van der Waals surface area contributed by atoms with E-state index in [1.54, 1.807) is 19.2 Å². The summed E-state index contributed by atoms with van der Waals surface area (Å²) in [5.74, 6) is 2.11. The SMILES string of the molecule is COc1ccc(OCCCC(=O)Nc2nnc(SCc3ccc(C#N)cc3)s2)cc1. The smallest absolute Gasteiger partial charge is 0.226 e. The maximum absolute atomic E-state index is 12.1. The first kappa shape index (κ1) is 21.6. The summed E-state index contributed by atoms with van der Waals surface area (Å²) in [6.07, 6.45) is 0.931. The van der Waals surface area contributed by atoms with E-state index < -0.39 is 0 Å². The van der Waals surface area contributed by atoms with Crippen LogP contribution in [0.4, 0.5) is 5.13 Å². The Morgan fingerprint density at radius 2 is 1.87 bits per heavy atom. The van der Waals surface area contributed by atoms with Crippen molar-refractivity contribution in [1.29, 1.82) is 5.26 Å². The molecule has 7 nitrogen and oxygen atoms in total. The number of benzene rings is 2. The molecule has 0 aliphatic rings. The van der Waals surface area contributed by atoms with E-state index in [9.17, 15) is 4.79 Å². The largest absolute Gasteiger partial charge is 0.497 e.